The van der Waals surface area contributed by atoms with Crippen LogP contribution < -0.4 is 21.3 Å². The monoisotopic (exact) mass is 364 g/mol. The Bertz CT molecular complexity index is 1030. The molecule has 11 heteroatoms. The molecule has 10 nitrogen and oxygen atoms in total. The van der Waals surface area contributed by atoms with Gasteiger partial charge < -0.3 is 10.5 Å². The van der Waals surface area contributed by atoms with Crippen LogP contribution in [0.1, 0.15) is 20.7 Å². The van der Waals surface area contributed by atoms with E-state index in [1.807, 2.05) is 5.32 Å². The fraction of sp³-hybridized carbons (Fsp3) is 0.0714. The molecule has 2 heterocycles. The van der Waals surface area contributed by atoms with Crippen LogP contribution in [0, 0.1) is 10.1 Å². The van der Waals surface area contributed by atoms with Crippen molar-refractivity contribution < 1.29 is 19.2 Å². The third kappa shape index (κ3) is 2.39. The van der Waals surface area contributed by atoms with Crippen molar-refractivity contribution in [3.8, 4) is 11.4 Å². The Balaban J connectivity index is 2.36. The number of benzene rings is 1. The van der Waals surface area contributed by atoms with E-state index in [1.165, 1.54) is 7.11 Å². The van der Waals surface area contributed by atoms with Crippen molar-refractivity contribution in [2.75, 3.05) is 12.8 Å². The SMILES string of the molecule is COc1cc([N+](=O)[O-])c(Cl)cc1-n1c(N)c2c(cc1=O)C(=O)NC2=O. The van der Waals surface area contributed by atoms with Gasteiger partial charge in [0.15, 0.2) is 0 Å². The number of nitro groups is 1. The lowest BCUT2D eigenvalue weighted by molar-refractivity contribution is -0.384. The smallest absolute Gasteiger partial charge is 0.291 e. The second kappa shape index (κ2) is 5.60. The summed E-state index contributed by atoms with van der Waals surface area (Å²) in [5.74, 6) is -1.86. The highest BCUT2D eigenvalue weighted by Gasteiger charge is 2.32. The largest absolute Gasteiger partial charge is 0.494 e. The van der Waals surface area contributed by atoms with E-state index >= 15 is 0 Å². The number of methoxy groups -OCH3 is 1. The fourth-order valence-electron chi connectivity index (χ4n) is 2.54. The second-order valence-electron chi connectivity index (χ2n) is 5.01. The summed E-state index contributed by atoms with van der Waals surface area (Å²) in [6, 6.07) is 3.10. The first-order valence-corrected chi connectivity index (χ1v) is 7.07. The predicted octanol–water partition coefficient (Wildman–Crippen LogP) is 0.873. The zero-order chi connectivity index (χ0) is 18.5. The van der Waals surface area contributed by atoms with E-state index in [-0.39, 0.29) is 33.4 Å². The number of fused-ring (bicyclic) bond motifs is 1. The van der Waals surface area contributed by atoms with Gasteiger partial charge in [0.05, 0.1) is 34.9 Å². The lowest BCUT2D eigenvalue weighted by Crippen LogP contribution is -2.24. The van der Waals surface area contributed by atoms with Crippen LogP contribution in [0.3, 0.4) is 0 Å². The van der Waals surface area contributed by atoms with Crippen molar-refractivity contribution in [1.82, 2.24) is 9.88 Å². The fourth-order valence-corrected chi connectivity index (χ4v) is 2.77. The number of amides is 2. The number of pyridine rings is 1. The number of anilines is 1. The molecule has 1 aromatic carbocycles. The summed E-state index contributed by atoms with van der Waals surface area (Å²) in [7, 11) is 1.24. The van der Waals surface area contributed by atoms with Gasteiger partial charge >= 0.3 is 0 Å². The summed E-state index contributed by atoms with van der Waals surface area (Å²) in [6.45, 7) is 0. The highest BCUT2D eigenvalue weighted by Crippen LogP contribution is 2.35. The number of carbonyl (C=O) groups is 2. The topological polar surface area (TPSA) is 147 Å². The molecule has 3 N–H and O–H groups in total. The summed E-state index contributed by atoms with van der Waals surface area (Å²) in [4.78, 5) is 46.2. The van der Waals surface area contributed by atoms with Crippen LogP contribution in [0.15, 0.2) is 23.0 Å². The van der Waals surface area contributed by atoms with Crippen molar-refractivity contribution in [2.24, 2.45) is 0 Å². The Morgan fingerprint density at radius 3 is 2.52 bits per heavy atom. The predicted molar refractivity (Wildman–Crippen MR) is 86.5 cm³/mol. The molecular formula is C14H9ClN4O6. The van der Waals surface area contributed by atoms with E-state index in [4.69, 9.17) is 22.1 Å². The molecule has 0 aliphatic carbocycles. The first-order chi connectivity index (χ1) is 11.8. The van der Waals surface area contributed by atoms with Crippen LogP contribution >= 0.6 is 11.6 Å². The minimum Gasteiger partial charge on any atom is -0.494 e. The van der Waals surface area contributed by atoms with Crippen LogP contribution in [0.25, 0.3) is 5.69 Å². The summed E-state index contributed by atoms with van der Waals surface area (Å²) in [5, 5.41) is 12.8. The summed E-state index contributed by atoms with van der Waals surface area (Å²) in [5.41, 5.74) is 4.44. The van der Waals surface area contributed by atoms with Gasteiger partial charge in [-0.15, -0.1) is 0 Å². The number of nitro benzene ring substituents is 1. The van der Waals surface area contributed by atoms with Gasteiger partial charge in [0.2, 0.25) is 0 Å². The number of hydrogen-bond donors (Lipinski definition) is 2. The third-order valence-corrected chi connectivity index (χ3v) is 3.94. The molecule has 0 radical (unpaired) electrons. The molecule has 0 unspecified atom stereocenters. The molecule has 3 rings (SSSR count). The second-order valence-corrected chi connectivity index (χ2v) is 5.41. The molecule has 0 fully saturated rings. The van der Waals surface area contributed by atoms with Gasteiger partial charge in [0.1, 0.15) is 16.6 Å². The van der Waals surface area contributed by atoms with Gasteiger partial charge in [-0.2, -0.15) is 0 Å². The van der Waals surface area contributed by atoms with Crippen LogP contribution in [0.5, 0.6) is 5.75 Å². The highest BCUT2D eigenvalue weighted by atomic mass is 35.5. The molecule has 25 heavy (non-hydrogen) atoms. The first kappa shape index (κ1) is 16.5. The third-order valence-electron chi connectivity index (χ3n) is 3.64. The standard InChI is InChI=1S/C14H9ClN4O6/c1-25-9-4-7(19(23)24)6(15)3-8(9)18-10(20)2-5-11(12(18)16)14(22)17-13(5)21/h2-4H,16H2,1H3,(H,17,21,22). The molecule has 0 spiro atoms. The molecule has 0 saturated heterocycles. The van der Waals surface area contributed by atoms with E-state index in [0.29, 0.717) is 0 Å². The van der Waals surface area contributed by atoms with Crippen LogP contribution in [-0.2, 0) is 0 Å². The van der Waals surface area contributed by atoms with E-state index in [1.54, 1.807) is 0 Å². The number of nitrogens with zero attached hydrogens (tertiary/aromatic N) is 2. The number of aromatic nitrogens is 1. The van der Waals surface area contributed by atoms with E-state index in [9.17, 15) is 24.5 Å². The van der Waals surface area contributed by atoms with Crippen molar-refractivity contribution in [1.29, 1.82) is 0 Å². The van der Waals surface area contributed by atoms with Crippen LogP contribution in [0.2, 0.25) is 5.02 Å². The zero-order valence-corrected chi connectivity index (χ0v) is 13.3. The number of imide groups is 1. The first-order valence-electron chi connectivity index (χ1n) is 6.69. The van der Waals surface area contributed by atoms with Gasteiger partial charge in [-0.05, 0) is 6.07 Å². The molecule has 0 atom stereocenters. The number of carbonyl (C=O) groups excluding carboxylic acids is 2. The van der Waals surface area contributed by atoms with Crippen molar-refractivity contribution in [2.45, 2.75) is 0 Å². The van der Waals surface area contributed by atoms with Gasteiger partial charge in [-0.3, -0.25) is 34.4 Å². The molecule has 2 aromatic rings. The molecule has 1 aliphatic rings. The lowest BCUT2D eigenvalue weighted by atomic mass is 10.1. The Labute approximate surface area is 143 Å². The number of nitrogens with two attached hydrogens (primary N) is 1. The maximum atomic E-state index is 12.4. The molecular weight excluding hydrogens is 356 g/mol. The normalized spacial score (nSPS) is 12.7. The molecule has 1 aromatic heterocycles. The average Bonchev–Trinajstić information content (AvgIpc) is 2.81. The number of halogens is 1. The van der Waals surface area contributed by atoms with Crippen LogP contribution in [-0.4, -0.2) is 28.4 Å². The lowest BCUT2D eigenvalue weighted by Gasteiger charge is -2.15. The quantitative estimate of drug-likeness (QED) is 0.466. The van der Waals surface area contributed by atoms with Crippen LogP contribution in [0.4, 0.5) is 11.5 Å². The number of hydrogen-bond acceptors (Lipinski definition) is 7. The Kier molecular flexibility index (Phi) is 3.68. The maximum absolute atomic E-state index is 12.4. The minimum absolute atomic E-state index is 0.00412. The van der Waals surface area contributed by atoms with Crippen molar-refractivity contribution in [3.05, 3.63) is 54.8 Å². The maximum Gasteiger partial charge on any atom is 0.291 e. The summed E-state index contributed by atoms with van der Waals surface area (Å²) in [6.07, 6.45) is 0. The van der Waals surface area contributed by atoms with E-state index in [2.05, 4.69) is 0 Å². The van der Waals surface area contributed by atoms with Gasteiger partial charge in [0, 0.05) is 6.07 Å². The average molecular weight is 365 g/mol. The molecule has 1 aliphatic heterocycles. The zero-order valence-electron chi connectivity index (χ0n) is 12.5. The molecule has 0 bridgehead atoms. The number of ether oxygens (including phenoxy) is 1. The number of rotatable bonds is 3. The Morgan fingerprint density at radius 1 is 1.24 bits per heavy atom. The minimum atomic E-state index is -0.752. The highest BCUT2D eigenvalue weighted by molar-refractivity contribution is 6.33. The van der Waals surface area contributed by atoms with Gasteiger partial charge in [-0.1, -0.05) is 11.6 Å². The number of nitrogens with one attached hydrogen (secondary N) is 1. The van der Waals surface area contributed by atoms with Crippen molar-refractivity contribution >= 4 is 34.9 Å². The Morgan fingerprint density at radius 2 is 1.92 bits per heavy atom. The number of nitrogen functional groups attached to an aromatic ring is 1. The summed E-state index contributed by atoms with van der Waals surface area (Å²) < 4.78 is 5.97. The summed E-state index contributed by atoms with van der Waals surface area (Å²) >= 11 is 5.89. The van der Waals surface area contributed by atoms with Gasteiger partial charge in [0.25, 0.3) is 23.1 Å². The molecule has 0 saturated carbocycles. The Hall–Kier alpha value is -3.40. The van der Waals surface area contributed by atoms with E-state index in [0.717, 1.165) is 22.8 Å². The molecule has 2 amide bonds. The van der Waals surface area contributed by atoms with Gasteiger partial charge in [-0.25, -0.2) is 0 Å². The van der Waals surface area contributed by atoms with Crippen molar-refractivity contribution in [3.63, 3.8) is 0 Å². The molecule has 128 valence electrons. The van der Waals surface area contributed by atoms with E-state index < -0.39 is 28.0 Å².